The second-order valence-corrected chi connectivity index (χ2v) is 4.84. The first-order chi connectivity index (χ1) is 8.45. The molecule has 18 heavy (non-hydrogen) atoms. The number of aliphatic carboxylic acids is 1. The summed E-state index contributed by atoms with van der Waals surface area (Å²) in [6.07, 6.45) is 6.43. The predicted molar refractivity (Wildman–Crippen MR) is 70.3 cm³/mol. The molecule has 104 valence electrons. The Morgan fingerprint density at radius 1 is 1.17 bits per heavy atom. The molecule has 0 aromatic heterocycles. The molecule has 0 heterocycles. The molecule has 0 aliphatic rings. The normalized spacial score (nSPS) is 12.9. The topological polar surface area (TPSA) is 63.6 Å². The average Bonchev–Trinajstić information content (AvgIpc) is 2.29. The van der Waals surface area contributed by atoms with Crippen LogP contribution in [0.25, 0.3) is 0 Å². The fourth-order valence-corrected chi connectivity index (χ4v) is 1.56. The molecule has 4 nitrogen and oxygen atoms in total. The van der Waals surface area contributed by atoms with E-state index in [1.807, 2.05) is 0 Å². The Bertz CT molecular complexity index is 282. The molecule has 0 aromatic rings. The summed E-state index contributed by atoms with van der Waals surface area (Å²) in [5, 5.41) is 8.42. The number of hydrogen-bond acceptors (Lipinski definition) is 3. The van der Waals surface area contributed by atoms with Crippen molar-refractivity contribution in [3.63, 3.8) is 0 Å². The Labute approximate surface area is 109 Å². The van der Waals surface area contributed by atoms with Gasteiger partial charge in [0.15, 0.2) is 0 Å². The quantitative estimate of drug-likeness (QED) is 0.508. The third-order valence-electron chi connectivity index (χ3n) is 2.59. The molecule has 1 atom stereocenters. The molecule has 0 radical (unpaired) electrons. The lowest BCUT2D eigenvalue weighted by molar-refractivity contribution is -0.144. The number of rotatable bonds is 9. The zero-order valence-electron chi connectivity index (χ0n) is 11.5. The van der Waals surface area contributed by atoms with Gasteiger partial charge in [-0.05, 0) is 25.2 Å². The van der Waals surface area contributed by atoms with Crippen molar-refractivity contribution in [3.05, 3.63) is 12.2 Å². The van der Waals surface area contributed by atoms with Crippen LogP contribution in [0.15, 0.2) is 12.2 Å². The minimum Gasteiger partial charge on any atom is -0.478 e. The van der Waals surface area contributed by atoms with Gasteiger partial charge in [0.2, 0.25) is 0 Å². The van der Waals surface area contributed by atoms with Gasteiger partial charge in [0, 0.05) is 12.2 Å². The van der Waals surface area contributed by atoms with Crippen LogP contribution in [0.3, 0.4) is 0 Å². The molecule has 0 amide bonds. The molecule has 0 fully saturated rings. The molecule has 1 unspecified atom stereocenters. The lowest BCUT2D eigenvalue weighted by atomic mass is 10.0. The number of hydrogen-bond donors (Lipinski definition) is 1. The summed E-state index contributed by atoms with van der Waals surface area (Å²) in [5.74, 6) is -1.14. The molecule has 0 aliphatic carbocycles. The third-order valence-corrected chi connectivity index (χ3v) is 2.59. The molecule has 4 heteroatoms. The number of ether oxygens (including phenoxy) is 1. The fourth-order valence-electron chi connectivity index (χ4n) is 1.56. The van der Waals surface area contributed by atoms with Crippen LogP contribution in [0.2, 0.25) is 0 Å². The summed E-state index contributed by atoms with van der Waals surface area (Å²) in [6, 6.07) is 0. The van der Waals surface area contributed by atoms with Gasteiger partial charge in [0.1, 0.15) is 6.10 Å². The Hall–Kier alpha value is -1.32. The highest BCUT2D eigenvalue weighted by Gasteiger charge is 2.13. The average molecular weight is 256 g/mol. The molecule has 0 saturated heterocycles. The van der Waals surface area contributed by atoms with Crippen LogP contribution in [0.4, 0.5) is 0 Å². The fraction of sp³-hybridized carbons (Fsp3) is 0.714. The van der Waals surface area contributed by atoms with E-state index in [1.165, 1.54) is 0 Å². The van der Waals surface area contributed by atoms with E-state index in [1.54, 1.807) is 0 Å². The molecule has 0 saturated carbocycles. The number of carbonyl (C=O) groups is 2. The highest BCUT2D eigenvalue weighted by Crippen LogP contribution is 2.15. The summed E-state index contributed by atoms with van der Waals surface area (Å²) in [4.78, 5) is 21.7. The first-order valence-electron chi connectivity index (χ1n) is 6.57. The van der Waals surface area contributed by atoms with Gasteiger partial charge < -0.3 is 9.84 Å². The monoisotopic (exact) mass is 256 g/mol. The molecule has 1 N–H and O–H groups in total. The van der Waals surface area contributed by atoms with E-state index in [9.17, 15) is 9.59 Å². The van der Waals surface area contributed by atoms with Gasteiger partial charge in [-0.2, -0.15) is 0 Å². The van der Waals surface area contributed by atoms with Crippen molar-refractivity contribution in [1.29, 1.82) is 0 Å². The SMILES string of the molecule is CCCCC(CCC(C)C)OC(=O)C=CC(=O)O. The third kappa shape index (κ3) is 9.87. The minimum absolute atomic E-state index is 0.0988. The van der Waals surface area contributed by atoms with Crippen molar-refractivity contribution in [1.82, 2.24) is 0 Å². The second kappa shape index (κ2) is 9.68. The maximum atomic E-state index is 11.4. The van der Waals surface area contributed by atoms with E-state index in [2.05, 4.69) is 20.8 Å². The summed E-state index contributed by atoms with van der Waals surface area (Å²) in [5.41, 5.74) is 0. The van der Waals surface area contributed by atoms with Gasteiger partial charge in [-0.15, -0.1) is 0 Å². The number of carboxylic acid groups (broad SMARTS) is 1. The Balaban J connectivity index is 4.20. The zero-order chi connectivity index (χ0) is 14.0. The highest BCUT2D eigenvalue weighted by atomic mass is 16.5. The molecule has 0 aliphatic heterocycles. The van der Waals surface area contributed by atoms with Gasteiger partial charge in [-0.1, -0.05) is 33.6 Å². The van der Waals surface area contributed by atoms with E-state index in [4.69, 9.17) is 9.84 Å². The zero-order valence-corrected chi connectivity index (χ0v) is 11.5. The van der Waals surface area contributed by atoms with Gasteiger partial charge in [0.25, 0.3) is 0 Å². The van der Waals surface area contributed by atoms with Crippen LogP contribution < -0.4 is 0 Å². The molecular weight excluding hydrogens is 232 g/mol. The number of carbonyl (C=O) groups excluding carboxylic acids is 1. The molecule has 0 aromatic carbocycles. The van der Waals surface area contributed by atoms with Crippen molar-refractivity contribution < 1.29 is 19.4 Å². The van der Waals surface area contributed by atoms with Crippen molar-refractivity contribution in [2.24, 2.45) is 5.92 Å². The first kappa shape index (κ1) is 16.7. The number of esters is 1. The van der Waals surface area contributed by atoms with Crippen LogP contribution in [0.1, 0.15) is 52.9 Å². The maximum Gasteiger partial charge on any atom is 0.331 e. The summed E-state index contributed by atoms with van der Waals surface area (Å²) in [7, 11) is 0. The Morgan fingerprint density at radius 3 is 2.33 bits per heavy atom. The van der Waals surface area contributed by atoms with Gasteiger partial charge in [-0.3, -0.25) is 0 Å². The summed E-state index contributed by atoms with van der Waals surface area (Å²) in [6.45, 7) is 6.34. The Morgan fingerprint density at radius 2 is 1.83 bits per heavy atom. The van der Waals surface area contributed by atoms with Crippen LogP contribution in [-0.2, 0) is 14.3 Å². The number of carboxylic acids is 1. The van der Waals surface area contributed by atoms with Crippen molar-refractivity contribution in [2.45, 2.75) is 59.0 Å². The van der Waals surface area contributed by atoms with E-state index < -0.39 is 11.9 Å². The van der Waals surface area contributed by atoms with Crippen LogP contribution in [0, 0.1) is 5.92 Å². The van der Waals surface area contributed by atoms with Crippen LogP contribution >= 0.6 is 0 Å². The van der Waals surface area contributed by atoms with Crippen molar-refractivity contribution in [2.75, 3.05) is 0 Å². The highest BCUT2D eigenvalue weighted by molar-refractivity contribution is 5.90. The van der Waals surface area contributed by atoms with E-state index in [0.29, 0.717) is 5.92 Å². The lowest BCUT2D eigenvalue weighted by Crippen LogP contribution is -2.18. The van der Waals surface area contributed by atoms with E-state index >= 15 is 0 Å². The number of unbranched alkanes of at least 4 members (excludes halogenated alkanes) is 1. The maximum absolute atomic E-state index is 11.4. The largest absolute Gasteiger partial charge is 0.478 e. The van der Waals surface area contributed by atoms with Crippen LogP contribution in [0.5, 0.6) is 0 Å². The summed E-state index contributed by atoms with van der Waals surface area (Å²) >= 11 is 0. The van der Waals surface area contributed by atoms with Gasteiger partial charge in [0.05, 0.1) is 0 Å². The predicted octanol–water partition coefficient (Wildman–Crippen LogP) is 3.17. The molecule has 0 rings (SSSR count). The van der Waals surface area contributed by atoms with Gasteiger partial charge in [-0.25, -0.2) is 9.59 Å². The lowest BCUT2D eigenvalue weighted by Gasteiger charge is -2.17. The van der Waals surface area contributed by atoms with Crippen molar-refractivity contribution in [3.8, 4) is 0 Å². The molecule has 0 spiro atoms. The smallest absolute Gasteiger partial charge is 0.331 e. The minimum atomic E-state index is -1.14. The summed E-state index contributed by atoms with van der Waals surface area (Å²) < 4.78 is 5.26. The second-order valence-electron chi connectivity index (χ2n) is 4.84. The molecule has 0 bridgehead atoms. The van der Waals surface area contributed by atoms with E-state index in [0.717, 1.165) is 44.3 Å². The van der Waals surface area contributed by atoms with E-state index in [-0.39, 0.29) is 6.10 Å². The van der Waals surface area contributed by atoms with Crippen LogP contribution in [-0.4, -0.2) is 23.1 Å². The molecular formula is C14H24O4. The standard InChI is InChI=1S/C14H24O4/c1-4-5-6-12(8-7-11(2)3)18-14(17)10-9-13(15)16/h9-12H,4-8H2,1-3H3,(H,15,16). The first-order valence-corrected chi connectivity index (χ1v) is 6.57. The Kier molecular flexibility index (Phi) is 8.97. The van der Waals surface area contributed by atoms with Crippen molar-refractivity contribution >= 4 is 11.9 Å². The van der Waals surface area contributed by atoms with Gasteiger partial charge >= 0.3 is 11.9 Å².